The first-order chi connectivity index (χ1) is 8.11. The number of hydrogen-bond acceptors (Lipinski definition) is 3. The highest BCUT2D eigenvalue weighted by molar-refractivity contribution is 5.41. The number of nitrogens with zero attached hydrogens (tertiary/aromatic N) is 3. The lowest BCUT2D eigenvalue weighted by Crippen LogP contribution is -2.56. The first kappa shape index (κ1) is 12.4. The van der Waals surface area contributed by atoms with Crippen LogP contribution < -0.4 is 4.90 Å². The fraction of sp³-hybridized carbons (Fsp3) is 0.643. The highest BCUT2D eigenvalue weighted by Crippen LogP contribution is 2.20. The van der Waals surface area contributed by atoms with E-state index in [-0.39, 0.29) is 0 Å². The van der Waals surface area contributed by atoms with Crippen LogP contribution in [0.3, 0.4) is 0 Å². The van der Waals surface area contributed by atoms with Gasteiger partial charge < -0.3 is 4.90 Å². The summed E-state index contributed by atoms with van der Waals surface area (Å²) in [5, 5.41) is 0. The summed E-state index contributed by atoms with van der Waals surface area (Å²) in [6, 6.07) is 5.44. The van der Waals surface area contributed by atoms with Crippen molar-refractivity contribution in [2.24, 2.45) is 0 Å². The Morgan fingerprint density at radius 1 is 1.29 bits per heavy atom. The van der Waals surface area contributed by atoms with Crippen LogP contribution in [0.5, 0.6) is 0 Å². The molecule has 0 bridgehead atoms. The third kappa shape index (κ3) is 2.60. The van der Waals surface area contributed by atoms with Crippen molar-refractivity contribution in [3.63, 3.8) is 0 Å². The Labute approximate surface area is 104 Å². The summed E-state index contributed by atoms with van der Waals surface area (Å²) in [6.07, 6.45) is 1.91. The van der Waals surface area contributed by atoms with Crippen LogP contribution in [0.1, 0.15) is 26.3 Å². The van der Waals surface area contributed by atoms with E-state index in [2.05, 4.69) is 54.6 Å². The Balaban J connectivity index is 2.14. The van der Waals surface area contributed by atoms with Crippen LogP contribution in [0.4, 0.5) is 5.82 Å². The molecule has 1 aromatic rings. The van der Waals surface area contributed by atoms with Crippen LogP contribution in [0, 0.1) is 6.92 Å². The number of aromatic nitrogens is 1. The molecule has 2 rings (SSSR count). The van der Waals surface area contributed by atoms with Gasteiger partial charge in [0, 0.05) is 31.4 Å². The van der Waals surface area contributed by atoms with Crippen LogP contribution in [0.15, 0.2) is 18.3 Å². The van der Waals surface area contributed by atoms with Gasteiger partial charge in [-0.05, 0) is 45.0 Å². The molecule has 3 nitrogen and oxygen atoms in total. The van der Waals surface area contributed by atoms with Gasteiger partial charge in [0.05, 0.1) is 0 Å². The summed E-state index contributed by atoms with van der Waals surface area (Å²) >= 11 is 0. The van der Waals surface area contributed by atoms with E-state index in [1.165, 1.54) is 5.56 Å². The van der Waals surface area contributed by atoms with Crippen molar-refractivity contribution in [3.05, 3.63) is 23.9 Å². The molecule has 0 amide bonds. The molecule has 0 N–H and O–H groups in total. The van der Waals surface area contributed by atoms with Crippen molar-refractivity contribution < 1.29 is 0 Å². The number of likely N-dealkylation sites (N-methyl/N-ethyl adjacent to an activating group) is 1. The van der Waals surface area contributed by atoms with Crippen molar-refractivity contribution in [1.29, 1.82) is 0 Å². The highest BCUT2D eigenvalue weighted by atomic mass is 15.3. The quantitative estimate of drug-likeness (QED) is 0.781. The van der Waals surface area contributed by atoms with Crippen molar-refractivity contribution >= 4 is 5.82 Å². The molecule has 0 aliphatic carbocycles. The van der Waals surface area contributed by atoms with Crippen LogP contribution in [-0.4, -0.2) is 41.6 Å². The Morgan fingerprint density at radius 3 is 2.47 bits per heavy atom. The molecule has 0 spiro atoms. The first-order valence-electron chi connectivity index (χ1n) is 6.55. The second-order valence-electron chi connectivity index (χ2n) is 5.12. The van der Waals surface area contributed by atoms with Crippen LogP contribution >= 0.6 is 0 Å². The smallest absolute Gasteiger partial charge is 0.128 e. The number of aryl methyl sites for hydroxylation is 1. The van der Waals surface area contributed by atoms with Gasteiger partial charge in [-0.2, -0.15) is 0 Å². The normalized spacial score (nSPS) is 26.2. The zero-order valence-electron chi connectivity index (χ0n) is 11.3. The fourth-order valence-corrected chi connectivity index (χ4v) is 2.86. The molecule has 1 saturated heterocycles. The molecule has 1 aliphatic rings. The SMILES string of the molecule is CCN1C(C)CN(c2cc(C)ccn2)C[C@H]1C. The predicted molar refractivity (Wildman–Crippen MR) is 72.5 cm³/mol. The first-order valence-corrected chi connectivity index (χ1v) is 6.55. The Hall–Kier alpha value is -1.09. The van der Waals surface area contributed by atoms with Crippen LogP contribution in [0.25, 0.3) is 0 Å². The molecule has 94 valence electrons. The van der Waals surface area contributed by atoms with E-state index in [1.54, 1.807) is 0 Å². The van der Waals surface area contributed by atoms with Gasteiger partial charge in [-0.15, -0.1) is 0 Å². The lowest BCUT2D eigenvalue weighted by atomic mass is 10.1. The van der Waals surface area contributed by atoms with Gasteiger partial charge in [0.1, 0.15) is 5.82 Å². The maximum absolute atomic E-state index is 4.49. The molecule has 1 unspecified atom stereocenters. The summed E-state index contributed by atoms with van der Waals surface area (Å²) < 4.78 is 0. The highest BCUT2D eigenvalue weighted by Gasteiger charge is 2.28. The molecule has 0 aromatic carbocycles. The number of anilines is 1. The van der Waals surface area contributed by atoms with E-state index < -0.39 is 0 Å². The van der Waals surface area contributed by atoms with Gasteiger partial charge in [0.2, 0.25) is 0 Å². The van der Waals surface area contributed by atoms with E-state index in [0.717, 1.165) is 25.5 Å². The van der Waals surface area contributed by atoms with Crippen molar-refractivity contribution in [2.45, 2.75) is 39.8 Å². The molecule has 0 radical (unpaired) electrons. The fourth-order valence-electron chi connectivity index (χ4n) is 2.86. The van der Waals surface area contributed by atoms with Gasteiger partial charge in [-0.25, -0.2) is 4.98 Å². The Kier molecular flexibility index (Phi) is 3.67. The second kappa shape index (κ2) is 5.05. The minimum atomic E-state index is 0.603. The number of rotatable bonds is 2. The molecule has 2 atom stereocenters. The molecule has 0 saturated carbocycles. The Bertz CT molecular complexity index is 365. The predicted octanol–water partition coefficient (Wildman–Crippen LogP) is 2.31. The summed E-state index contributed by atoms with van der Waals surface area (Å²) in [5.74, 6) is 1.12. The summed E-state index contributed by atoms with van der Waals surface area (Å²) in [5.41, 5.74) is 1.29. The number of piperazine rings is 1. The molecule has 2 heterocycles. The van der Waals surface area contributed by atoms with Crippen LogP contribution in [0.2, 0.25) is 0 Å². The molecular formula is C14H23N3. The second-order valence-corrected chi connectivity index (χ2v) is 5.12. The number of pyridine rings is 1. The topological polar surface area (TPSA) is 19.4 Å². The van der Waals surface area contributed by atoms with Gasteiger partial charge in [-0.1, -0.05) is 6.92 Å². The van der Waals surface area contributed by atoms with Gasteiger partial charge >= 0.3 is 0 Å². The van der Waals surface area contributed by atoms with E-state index >= 15 is 0 Å². The maximum atomic E-state index is 4.49. The number of hydrogen-bond donors (Lipinski definition) is 0. The van der Waals surface area contributed by atoms with Crippen molar-refractivity contribution in [2.75, 3.05) is 24.5 Å². The van der Waals surface area contributed by atoms with E-state index in [0.29, 0.717) is 12.1 Å². The molecular weight excluding hydrogens is 210 g/mol. The lowest BCUT2D eigenvalue weighted by Gasteiger charge is -2.44. The third-order valence-corrected chi connectivity index (χ3v) is 3.69. The largest absolute Gasteiger partial charge is 0.353 e. The third-order valence-electron chi connectivity index (χ3n) is 3.69. The monoisotopic (exact) mass is 233 g/mol. The zero-order valence-corrected chi connectivity index (χ0v) is 11.3. The standard InChI is InChI=1S/C14H23N3/c1-5-17-12(3)9-16(10-13(17)4)14-8-11(2)6-7-15-14/h6-8,12-13H,5,9-10H2,1-4H3/t12-,13?/m1/s1. The Morgan fingerprint density at radius 2 is 1.94 bits per heavy atom. The molecule has 17 heavy (non-hydrogen) atoms. The van der Waals surface area contributed by atoms with E-state index in [1.807, 2.05) is 6.20 Å². The van der Waals surface area contributed by atoms with Gasteiger partial charge in [-0.3, -0.25) is 4.90 Å². The van der Waals surface area contributed by atoms with Gasteiger partial charge in [0.15, 0.2) is 0 Å². The molecule has 3 heteroatoms. The molecule has 1 aromatic heterocycles. The minimum Gasteiger partial charge on any atom is -0.353 e. The van der Waals surface area contributed by atoms with Crippen molar-refractivity contribution in [3.8, 4) is 0 Å². The molecule has 1 fully saturated rings. The van der Waals surface area contributed by atoms with Gasteiger partial charge in [0.25, 0.3) is 0 Å². The summed E-state index contributed by atoms with van der Waals surface area (Å²) in [7, 11) is 0. The minimum absolute atomic E-state index is 0.603. The van der Waals surface area contributed by atoms with E-state index in [4.69, 9.17) is 0 Å². The molecule has 1 aliphatic heterocycles. The average Bonchev–Trinajstić information content (AvgIpc) is 2.28. The maximum Gasteiger partial charge on any atom is 0.128 e. The average molecular weight is 233 g/mol. The van der Waals surface area contributed by atoms with Crippen molar-refractivity contribution in [1.82, 2.24) is 9.88 Å². The lowest BCUT2D eigenvalue weighted by molar-refractivity contribution is 0.139. The summed E-state index contributed by atoms with van der Waals surface area (Å²) in [4.78, 5) is 9.46. The van der Waals surface area contributed by atoms with Crippen LogP contribution in [-0.2, 0) is 0 Å². The van der Waals surface area contributed by atoms with E-state index in [9.17, 15) is 0 Å². The summed E-state index contributed by atoms with van der Waals surface area (Å²) in [6.45, 7) is 12.3. The zero-order chi connectivity index (χ0) is 12.4.